The van der Waals surface area contributed by atoms with E-state index in [0.717, 1.165) is 22.2 Å². The second-order valence-corrected chi connectivity index (χ2v) is 7.20. The Balaban J connectivity index is 1.88. The van der Waals surface area contributed by atoms with E-state index < -0.39 is 0 Å². The van der Waals surface area contributed by atoms with E-state index in [4.69, 9.17) is 0 Å². The number of nitrogens with zero attached hydrogens (tertiary/aromatic N) is 2. The molecule has 0 unspecified atom stereocenters. The standard InChI is InChI=1S/C23H25N3O2/c1-15(2)21-13-19(18-7-5-6-8-20(18)25-21)23(28)26(4)14-16-9-11-17(12-10-16)22(27)24-3/h5-13,15H,14H2,1-4H3,(H,24,27). The van der Waals surface area contributed by atoms with Crippen molar-refractivity contribution in [2.24, 2.45) is 0 Å². The van der Waals surface area contributed by atoms with Crippen LogP contribution in [0.25, 0.3) is 10.9 Å². The Morgan fingerprint density at radius 1 is 1.07 bits per heavy atom. The van der Waals surface area contributed by atoms with Crippen LogP contribution in [0.15, 0.2) is 54.6 Å². The molecule has 28 heavy (non-hydrogen) atoms. The van der Waals surface area contributed by atoms with E-state index in [0.29, 0.717) is 17.7 Å². The predicted octanol–water partition coefficient (Wildman–Crippen LogP) is 3.99. The summed E-state index contributed by atoms with van der Waals surface area (Å²) in [7, 11) is 3.40. The third-order valence-electron chi connectivity index (χ3n) is 4.77. The third-order valence-corrected chi connectivity index (χ3v) is 4.77. The number of fused-ring (bicyclic) bond motifs is 1. The van der Waals surface area contributed by atoms with Crippen LogP contribution in [0.1, 0.15) is 51.7 Å². The Kier molecular flexibility index (Phi) is 5.73. The number of pyridine rings is 1. The van der Waals surface area contributed by atoms with Gasteiger partial charge in [0.1, 0.15) is 0 Å². The lowest BCUT2D eigenvalue weighted by Gasteiger charge is -2.19. The number of nitrogens with one attached hydrogen (secondary N) is 1. The van der Waals surface area contributed by atoms with Gasteiger partial charge in [-0.3, -0.25) is 14.6 Å². The number of hydrogen-bond donors (Lipinski definition) is 1. The molecule has 5 heteroatoms. The average Bonchev–Trinajstić information content (AvgIpc) is 2.72. The SMILES string of the molecule is CNC(=O)c1ccc(CN(C)C(=O)c2cc(C(C)C)nc3ccccc23)cc1. The minimum Gasteiger partial charge on any atom is -0.355 e. The van der Waals surface area contributed by atoms with E-state index in [-0.39, 0.29) is 17.7 Å². The van der Waals surface area contributed by atoms with Gasteiger partial charge < -0.3 is 10.2 Å². The summed E-state index contributed by atoms with van der Waals surface area (Å²) in [5, 5.41) is 3.46. The van der Waals surface area contributed by atoms with Crippen molar-refractivity contribution < 1.29 is 9.59 Å². The molecule has 1 N–H and O–H groups in total. The van der Waals surface area contributed by atoms with E-state index in [2.05, 4.69) is 24.1 Å². The largest absolute Gasteiger partial charge is 0.355 e. The molecule has 0 fully saturated rings. The third kappa shape index (κ3) is 4.03. The maximum absolute atomic E-state index is 13.2. The Morgan fingerprint density at radius 3 is 2.39 bits per heavy atom. The molecule has 3 aromatic rings. The van der Waals surface area contributed by atoms with Crippen LogP contribution in [-0.2, 0) is 6.54 Å². The van der Waals surface area contributed by atoms with Crippen molar-refractivity contribution in [3.63, 3.8) is 0 Å². The van der Waals surface area contributed by atoms with Crippen molar-refractivity contribution >= 4 is 22.7 Å². The van der Waals surface area contributed by atoms with E-state index in [9.17, 15) is 9.59 Å². The molecule has 2 amide bonds. The van der Waals surface area contributed by atoms with Crippen molar-refractivity contribution in [1.29, 1.82) is 0 Å². The first kappa shape index (κ1) is 19.5. The molecule has 0 aliphatic carbocycles. The molecular weight excluding hydrogens is 350 g/mol. The second kappa shape index (κ2) is 8.21. The van der Waals surface area contributed by atoms with Gasteiger partial charge in [0.2, 0.25) is 0 Å². The summed E-state index contributed by atoms with van der Waals surface area (Å²) < 4.78 is 0. The molecule has 144 valence electrons. The monoisotopic (exact) mass is 375 g/mol. The van der Waals surface area contributed by atoms with Crippen LogP contribution in [0, 0.1) is 0 Å². The van der Waals surface area contributed by atoms with E-state index in [1.165, 1.54) is 0 Å². The Labute approximate surface area is 165 Å². The van der Waals surface area contributed by atoms with Gasteiger partial charge in [-0.1, -0.05) is 44.2 Å². The minimum absolute atomic E-state index is 0.0455. The van der Waals surface area contributed by atoms with Gasteiger partial charge in [0.25, 0.3) is 11.8 Å². The van der Waals surface area contributed by atoms with Gasteiger partial charge in [0, 0.05) is 37.3 Å². The topological polar surface area (TPSA) is 62.3 Å². The molecule has 0 atom stereocenters. The lowest BCUT2D eigenvalue weighted by molar-refractivity contribution is 0.0786. The number of hydrogen-bond acceptors (Lipinski definition) is 3. The van der Waals surface area contributed by atoms with E-state index in [1.54, 1.807) is 31.1 Å². The molecule has 0 bridgehead atoms. The van der Waals surface area contributed by atoms with E-state index in [1.807, 2.05) is 42.5 Å². The number of rotatable bonds is 5. The van der Waals surface area contributed by atoms with Crippen LogP contribution in [-0.4, -0.2) is 35.8 Å². The van der Waals surface area contributed by atoms with Gasteiger partial charge >= 0.3 is 0 Å². The van der Waals surface area contributed by atoms with Gasteiger partial charge in [0.15, 0.2) is 0 Å². The fraction of sp³-hybridized carbons (Fsp3) is 0.261. The van der Waals surface area contributed by atoms with Gasteiger partial charge in [-0.25, -0.2) is 0 Å². The van der Waals surface area contributed by atoms with Crippen LogP contribution < -0.4 is 5.32 Å². The predicted molar refractivity (Wildman–Crippen MR) is 111 cm³/mol. The summed E-state index contributed by atoms with van der Waals surface area (Å²) in [4.78, 5) is 31.2. The first-order chi connectivity index (χ1) is 13.4. The molecule has 2 aromatic carbocycles. The molecule has 0 spiro atoms. The highest BCUT2D eigenvalue weighted by atomic mass is 16.2. The summed E-state index contributed by atoms with van der Waals surface area (Å²) >= 11 is 0. The Morgan fingerprint density at radius 2 is 1.75 bits per heavy atom. The zero-order valence-electron chi connectivity index (χ0n) is 16.7. The zero-order valence-corrected chi connectivity index (χ0v) is 16.7. The smallest absolute Gasteiger partial charge is 0.254 e. The van der Waals surface area contributed by atoms with Gasteiger partial charge in [-0.15, -0.1) is 0 Å². The molecule has 1 aromatic heterocycles. The molecule has 0 aliphatic heterocycles. The minimum atomic E-state index is -0.125. The highest BCUT2D eigenvalue weighted by molar-refractivity contribution is 6.06. The molecule has 0 aliphatic rings. The van der Waals surface area contributed by atoms with Crippen LogP contribution in [0.5, 0.6) is 0 Å². The van der Waals surface area contributed by atoms with Crippen LogP contribution >= 0.6 is 0 Å². The van der Waals surface area contributed by atoms with Crippen molar-refractivity contribution in [3.8, 4) is 0 Å². The van der Waals surface area contributed by atoms with Crippen LogP contribution in [0.4, 0.5) is 0 Å². The number of amides is 2. The fourth-order valence-corrected chi connectivity index (χ4v) is 3.13. The zero-order chi connectivity index (χ0) is 20.3. The van der Waals surface area contributed by atoms with Crippen molar-refractivity contribution in [2.45, 2.75) is 26.3 Å². The number of carbonyl (C=O) groups excluding carboxylic acids is 2. The quantitative estimate of drug-likeness (QED) is 0.733. The molecule has 0 radical (unpaired) electrons. The lowest BCUT2D eigenvalue weighted by Crippen LogP contribution is -2.27. The average molecular weight is 375 g/mol. The van der Waals surface area contributed by atoms with Gasteiger partial charge in [0.05, 0.1) is 11.1 Å². The second-order valence-electron chi connectivity index (χ2n) is 7.20. The number of benzene rings is 2. The maximum Gasteiger partial charge on any atom is 0.254 e. The van der Waals surface area contributed by atoms with Gasteiger partial charge in [-0.2, -0.15) is 0 Å². The summed E-state index contributed by atoms with van der Waals surface area (Å²) in [6.07, 6.45) is 0. The summed E-state index contributed by atoms with van der Waals surface area (Å²) in [5.41, 5.74) is 3.97. The lowest BCUT2D eigenvalue weighted by atomic mass is 10.0. The Bertz CT molecular complexity index is 1010. The van der Waals surface area contributed by atoms with Gasteiger partial charge in [-0.05, 0) is 35.7 Å². The molecular formula is C23H25N3O2. The van der Waals surface area contributed by atoms with Crippen molar-refractivity contribution in [2.75, 3.05) is 14.1 Å². The van der Waals surface area contributed by atoms with Crippen LogP contribution in [0.3, 0.4) is 0 Å². The Hall–Kier alpha value is -3.21. The normalized spacial score (nSPS) is 10.9. The summed E-state index contributed by atoms with van der Waals surface area (Å²) in [6, 6.07) is 16.9. The summed E-state index contributed by atoms with van der Waals surface area (Å²) in [5.74, 6) is 0.0649. The van der Waals surface area contributed by atoms with Crippen LogP contribution in [0.2, 0.25) is 0 Å². The van der Waals surface area contributed by atoms with E-state index >= 15 is 0 Å². The number of aromatic nitrogens is 1. The van der Waals surface area contributed by atoms with Crippen molar-refractivity contribution in [3.05, 3.63) is 77.0 Å². The highest BCUT2D eigenvalue weighted by Gasteiger charge is 2.18. The molecule has 1 heterocycles. The highest BCUT2D eigenvalue weighted by Crippen LogP contribution is 2.24. The van der Waals surface area contributed by atoms with Crippen molar-refractivity contribution in [1.82, 2.24) is 15.2 Å². The molecule has 3 rings (SSSR count). The fourth-order valence-electron chi connectivity index (χ4n) is 3.13. The number of para-hydroxylation sites is 1. The first-order valence-corrected chi connectivity index (χ1v) is 9.37. The molecule has 0 saturated carbocycles. The first-order valence-electron chi connectivity index (χ1n) is 9.37. The summed E-state index contributed by atoms with van der Waals surface area (Å²) in [6.45, 7) is 4.60. The molecule has 5 nitrogen and oxygen atoms in total. The number of carbonyl (C=O) groups is 2. The maximum atomic E-state index is 13.2. The molecule has 0 saturated heterocycles.